The number of aromatic nitrogens is 2. The second-order valence-electron chi connectivity index (χ2n) is 4.04. The van der Waals surface area contributed by atoms with Crippen LogP contribution in [0.2, 0.25) is 5.02 Å². The van der Waals surface area contributed by atoms with Gasteiger partial charge in [-0.1, -0.05) is 22.8 Å². The van der Waals surface area contributed by atoms with E-state index >= 15 is 0 Å². The zero-order chi connectivity index (χ0) is 13.1. The topological polar surface area (TPSA) is 63.0 Å². The van der Waals surface area contributed by atoms with Crippen molar-refractivity contribution >= 4 is 23.3 Å². The maximum absolute atomic E-state index is 5.94. The molecule has 2 N–H and O–H groups in total. The number of nitrogens with one attached hydrogen (secondary N) is 2. The van der Waals surface area contributed by atoms with Gasteiger partial charge < -0.3 is 15.1 Å². The number of hydrogen-bond acceptors (Lipinski definition) is 5. The van der Waals surface area contributed by atoms with Crippen LogP contribution in [0.25, 0.3) is 0 Å². The van der Waals surface area contributed by atoms with Crippen molar-refractivity contribution in [1.29, 1.82) is 0 Å². The Bertz CT molecular complexity index is 541. The Labute approximate surface area is 111 Å². The quantitative estimate of drug-likeness (QED) is 0.891. The van der Waals surface area contributed by atoms with Crippen LogP contribution < -0.4 is 10.6 Å². The number of nitrogens with zero attached hydrogens (tertiary/aromatic N) is 2. The number of hydrogen-bond donors (Lipinski definition) is 2. The monoisotopic (exact) mass is 266 g/mol. The first kappa shape index (κ1) is 12.9. The second-order valence-corrected chi connectivity index (χ2v) is 4.48. The van der Waals surface area contributed by atoms with Crippen molar-refractivity contribution in [2.45, 2.75) is 19.9 Å². The van der Waals surface area contributed by atoms with E-state index in [1.165, 1.54) is 0 Å². The standard InChI is InChI=1S/C12H15ClN4O/c1-7-4-5-9(13)6-10(7)15-12-17-16-11(18-12)8(2)14-3/h4-6,8,14H,1-3H3,(H,15,17). The highest BCUT2D eigenvalue weighted by molar-refractivity contribution is 6.30. The molecule has 1 atom stereocenters. The lowest BCUT2D eigenvalue weighted by Crippen LogP contribution is -2.12. The normalized spacial score (nSPS) is 12.4. The molecule has 1 aromatic heterocycles. The van der Waals surface area contributed by atoms with Crippen LogP contribution in [0.3, 0.4) is 0 Å². The highest BCUT2D eigenvalue weighted by atomic mass is 35.5. The molecule has 0 spiro atoms. The largest absolute Gasteiger partial charge is 0.406 e. The van der Waals surface area contributed by atoms with Crippen molar-refractivity contribution in [3.63, 3.8) is 0 Å². The summed E-state index contributed by atoms with van der Waals surface area (Å²) in [6.45, 7) is 3.92. The van der Waals surface area contributed by atoms with Gasteiger partial charge >= 0.3 is 6.01 Å². The molecule has 0 aliphatic heterocycles. The van der Waals surface area contributed by atoms with Crippen LogP contribution in [0.4, 0.5) is 11.7 Å². The second kappa shape index (κ2) is 5.37. The van der Waals surface area contributed by atoms with Crippen LogP contribution in [-0.2, 0) is 0 Å². The van der Waals surface area contributed by atoms with E-state index in [-0.39, 0.29) is 6.04 Å². The van der Waals surface area contributed by atoms with Gasteiger partial charge in [0.2, 0.25) is 5.89 Å². The van der Waals surface area contributed by atoms with Crippen molar-refractivity contribution in [2.24, 2.45) is 0 Å². The minimum Gasteiger partial charge on any atom is -0.406 e. The molecular weight excluding hydrogens is 252 g/mol. The van der Waals surface area contributed by atoms with Gasteiger partial charge in [0.15, 0.2) is 0 Å². The molecule has 0 radical (unpaired) electrons. The zero-order valence-electron chi connectivity index (χ0n) is 10.5. The summed E-state index contributed by atoms with van der Waals surface area (Å²) >= 11 is 5.94. The lowest BCUT2D eigenvalue weighted by molar-refractivity contribution is 0.443. The molecule has 18 heavy (non-hydrogen) atoms. The van der Waals surface area contributed by atoms with Gasteiger partial charge in [0.25, 0.3) is 0 Å². The van der Waals surface area contributed by atoms with Crippen molar-refractivity contribution in [2.75, 3.05) is 12.4 Å². The van der Waals surface area contributed by atoms with Crippen LogP contribution in [0, 0.1) is 6.92 Å². The number of anilines is 2. The molecule has 0 fully saturated rings. The molecule has 0 bridgehead atoms. The average molecular weight is 267 g/mol. The molecule has 1 aromatic carbocycles. The number of rotatable bonds is 4. The smallest absolute Gasteiger partial charge is 0.320 e. The summed E-state index contributed by atoms with van der Waals surface area (Å²) in [4.78, 5) is 0. The van der Waals surface area contributed by atoms with Crippen molar-refractivity contribution in [3.8, 4) is 0 Å². The van der Waals surface area contributed by atoms with Gasteiger partial charge in [0, 0.05) is 10.7 Å². The SMILES string of the molecule is CNC(C)c1nnc(Nc2cc(Cl)ccc2C)o1. The molecule has 2 aromatic rings. The third kappa shape index (κ3) is 2.80. The number of halogens is 1. The fourth-order valence-electron chi connectivity index (χ4n) is 1.43. The van der Waals surface area contributed by atoms with Crippen molar-refractivity contribution < 1.29 is 4.42 Å². The maximum Gasteiger partial charge on any atom is 0.320 e. The molecule has 0 aliphatic rings. The first-order valence-electron chi connectivity index (χ1n) is 5.64. The van der Waals surface area contributed by atoms with Crippen molar-refractivity contribution in [1.82, 2.24) is 15.5 Å². The third-order valence-electron chi connectivity index (χ3n) is 2.69. The molecule has 0 amide bonds. The van der Waals surface area contributed by atoms with E-state index < -0.39 is 0 Å². The van der Waals surface area contributed by atoms with Gasteiger partial charge in [-0.2, -0.15) is 0 Å². The summed E-state index contributed by atoms with van der Waals surface area (Å²) in [5, 5.41) is 14.7. The average Bonchev–Trinajstić information content (AvgIpc) is 2.81. The summed E-state index contributed by atoms with van der Waals surface area (Å²) in [6.07, 6.45) is 0. The summed E-state index contributed by atoms with van der Waals surface area (Å²) in [7, 11) is 1.84. The van der Waals surface area contributed by atoms with Crippen molar-refractivity contribution in [3.05, 3.63) is 34.7 Å². The molecule has 6 heteroatoms. The molecule has 5 nitrogen and oxygen atoms in total. The molecule has 96 valence electrons. The van der Waals surface area contributed by atoms with Gasteiger partial charge in [0.05, 0.1) is 6.04 Å². The van der Waals surface area contributed by atoms with E-state index in [4.69, 9.17) is 16.0 Å². The van der Waals surface area contributed by atoms with Crippen LogP contribution in [0.5, 0.6) is 0 Å². The minimum atomic E-state index is 0.0218. The highest BCUT2D eigenvalue weighted by Crippen LogP contribution is 2.24. The summed E-state index contributed by atoms with van der Waals surface area (Å²) in [5.41, 5.74) is 1.91. The Hall–Kier alpha value is -1.59. The maximum atomic E-state index is 5.94. The van der Waals surface area contributed by atoms with E-state index in [0.29, 0.717) is 16.9 Å². The fraction of sp³-hybridized carbons (Fsp3) is 0.333. The molecule has 0 aliphatic carbocycles. The molecular formula is C12H15ClN4O. The van der Waals surface area contributed by atoms with Gasteiger partial charge in [-0.25, -0.2) is 0 Å². The summed E-state index contributed by atoms with van der Waals surface area (Å²) in [6, 6.07) is 5.97. The Morgan fingerprint density at radius 1 is 1.33 bits per heavy atom. The predicted octanol–water partition coefficient (Wildman–Crippen LogP) is 3.06. The van der Waals surface area contributed by atoms with Crippen LogP contribution in [-0.4, -0.2) is 17.2 Å². The minimum absolute atomic E-state index is 0.0218. The number of benzene rings is 1. The fourth-order valence-corrected chi connectivity index (χ4v) is 1.60. The molecule has 1 unspecified atom stereocenters. The predicted molar refractivity (Wildman–Crippen MR) is 71.2 cm³/mol. The van der Waals surface area contributed by atoms with E-state index in [1.54, 1.807) is 0 Å². The lowest BCUT2D eigenvalue weighted by Gasteiger charge is -2.06. The molecule has 0 saturated heterocycles. The van der Waals surface area contributed by atoms with E-state index in [0.717, 1.165) is 11.3 Å². The van der Waals surface area contributed by atoms with Gasteiger partial charge in [-0.15, -0.1) is 5.10 Å². The number of aryl methyl sites for hydroxylation is 1. The van der Waals surface area contributed by atoms with E-state index in [9.17, 15) is 0 Å². The van der Waals surface area contributed by atoms with Crippen LogP contribution in [0.15, 0.2) is 22.6 Å². The van der Waals surface area contributed by atoms with Crippen LogP contribution >= 0.6 is 11.6 Å². The Balaban J connectivity index is 2.18. The molecule has 2 rings (SSSR count). The molecule has 0 saturated carbocycles. The first-order valence-corrected chi connectivity index (χ1v) is 6.02. The molecule has 1 heterocycles. The van der Waals surface area contributed by atoms with E-state index in [2.05, 4.69) is 20.8 Å². The first-order chi connectivity index (χ1) is 8.60. The van der Waals surface area contributed by atoms with Crippen LogP contribution in [0.1, 0.15) is 24.4 Å². The van der Waals surface area contributed by atoms with E-state index in [1.807, 2.05) is 39.1 Å². The Kier molecular flexibility index (Phi) is 3.84. The third-order valence-corrected chi connectivity index (χ3v) is 2.92. The summed E-state index contributed by atoms with van der Waals surface area (Å²) in [5.74, 6) is 0.541. The highest BCUT2D eigenvalue weighted by Gasteiger charge is 2.12. The lowest BCUT2D eigenvalue weighted by atomic mass is 10.2. The zero-order valence-corrected chi connectivity index (χ0v) is 11.2. The van der Waals surface area contributed by atoms with Gasteiger partial charge in [-0.05, 0) is 38.6 Å². The Morgan fingerprint density at radius 3 is 2.83 bits per heavy atom. The summed E-state index contributed by atoms with van der Waals surface area (Å²) < 4.78 is 5.50. The van der Waals surface area contributed by atoms with Gasteiger partial charge in [0.1, 0.15) is 0 Å². The van der Waals surface area contributed by atoms with Gasteiger partial charge in [-0.3, -0.25) is 0 Å². The Morgan fingerprint density at radius 2 is 2.11 bits per heavy atom.